The predicted octanol–water partition coefficient (Wildman–Crippen LogP) is 2.48. The standard InChI is InChI=1S/C6H5BrFIN2/c7-3-1-6(11-10)5(9)2-4(3)8/h1-2,11H,10H2. The van der Waals surface area contributed by atoms with E-state index in [4.69, 9.17) is 5.84 Å². The number of rotatable bonds is 1. The molecule has 0 amide bonds. The number of anilines is 1. The molecule has 0 radical (unpaired) electrons. The maximum Gasteiger partial charge on any atom is 0.138 e. The van der Waals surface area contributed by atoms with Crippen molar-refractivity contribution in [3.05, 3.63) is 26.0 Å². The number of nitrogens with one attached hydrogen (secondary N) is 1. The normalized spacial score (nSPS) is 9.82. The van der Waals surface area contributed by atoms with Gasteiger partial charge in [0.15, 0.2) is 0 Å². The predicted molar refractivity (Wildman–Crippen MR) is 54.6 cm³/mol. The Kier molecular flexibility index (Phi) is 3.08. The minimum Gasteiger partial charge on any atom is -0.323 e. The second kappa shape index (κ2) is 3.68. The van der Waals surface area contributed by atoms with E-state index < -0.39 is 0 Å². The molecule has 0 aliphatic carbocycles. The minimum atomic E-state index is -0.284. The third-order valence-corrected chi connectivity index (χ3v) is 2.67. The number of halogens is 3. The molecule has 1 aromatic carbocycles. The summed E-state index contributed by atoms with van der Waals surface area (Å²) in [5.74, 6) is 4.89. The average Bonchev–Trinajstić information content (AvgIpc) is 1.97. The lowest BCUT2D eigenvalue weighted by molar-refractivity contribution is 0.620. The molecule has 1 rings (SSSR count). The first kappa shape index (κ1) is 9.21. The topological polar surface area (TPSA) is 38.0 Å². The summed E-state index contributed by atoms with van der Waals surface area (Å²) in [5.41, 5.74) is 3.17. The number of hydrogen-bond acceptors (Lipinski definition) is 2. The van der Waals surface area contributed by atoms with Gasteiger partial charge in [0.25, 0.3) is 0 Å². The molecule has 0 aliphatic rings. The van der Waals surface area contributed by atoms with Gasteiger partial charge in [0.05, 0.1) is 10.2 Å². The van der Waals surface area contributed by atoms with Crippen LogP contribution >= 0.6 is 38.5 Å². The van der Waals surface area contributed by atoms with E-state index in [1.165, 1.54) is 6.07 Å². The van der Waals surface area contributed by atoms with Gasteiger partial charge in [-0.2, -0.15) is 0 Å². The highest BCUT2D eigenvalue weighted by Crippen LogP contribution is 2.24. The largest absolute Gasteiger partial charge is 0.323 e. The van der Waals surface area contributed by atoms with Gasteiger partial charge in [-0.15, -0.1) is 0 Å². The fourth-order valence-electron chi connectivity index (χ4n) is 0.633. The summed E-state index contributed by atoms with van der Waals surface area (Å²) in [4.78, 5) is 0. The van der Waals surface area contributed by atoms with Gasteiger partial charge in [0.2, 0.25) is 0 Å². The Morgan fingerprint density at radius 1 is 1.55 bits per heavy atom. The van der Waals surface area contributed by atoms with Gasteiger partial charge in [-0.1, -0.05) is 0 Å². The van der Waals surface area contributed by atoms with Crippen LogP contribution in [0, 0.1) is 9.39 Å². The summed E-state index contributed by atoms with van der Waals surface area (Å²) >= 11 is 5.05. The number of nitrogen functional groups attached to an aromatic ring is 1. The van der Waals surface area contributed by atoms with Crippen molar-refractivity contribution >= 4 is 44.2 Å². The summed E-state index contributed by atoms with van der Waals surface area (Å²) in [6.45, 7) is 0. The third kappa shape index (κ3) is 2.03. The van der Waals surface area contributed by atoms with Crippen LogP contribution in [0.4, 0.5) is 10.1 Å². The Hall–Kier alpha value is 0.120. The quantitative estimate of drug-likeness (QED) is 0.359. The molecule has 60 valence electrons. The van der Waals surface area contributed by atoms with Crippen LogP contribution in [0.15, 0.2) is 16.6 Å². The Labute approximate surface area is 85.6 Å². The molecule has 0 fully saturated rings. The Bertz CT molecular complexity index is 280. The molecule has 0 aliphatic heterocycles. The molecular formula is C6H5BrFIN2. The number of nitrogens with two attached hydrogens (primary N) is 1. The first-order valence-corrected chi connectivity index (χ1v) is 4.63. The summed E-state index contributed by atoms with van der Waals surface area (Å²) < 4.78 is 13.9. The molecular weight excluding hydrogens is 326 g/mol. The number of hydrazine groups is 1. The average molecular weight is 331 g/mol. The van der Waals surface area contributed by atoms with E-state index in [0.717, 1.165) is 3.57 Å². The van der Waals surface area contributed by atoms with Crippen molar-refractivity contribution in [2.45, 2.75) is 0 Å². The molecule has 0 heterocycles. The highest BCUT2D eigenvalue weighted by atomic mass is 127. The van der Waals surface area contributed by atoms with E-state index in [2.05, 4.69) is 21.4 Å². The second-order valence-corrected chi connectivity index (χ2v) is 3.91. The van der Waals surface area contributed by atoms with Gasteiger partial charge in [-0.05, 0) is 50.7 Å². The highest BCUT2D eigenvalue weighted by Gasteiger charge is 2.03. The van der Waals surface area contributed by atoms with Gasteiger partial charge in [0, 0.05) is 3.57 Å². The van der Waals surface area contributed by atoms with Crippen LogP contribution in [0.5, 0.6) is 0 Å². The van der Waals surface area contributed by atoms with Crippen molar-refractivity contribution in [3.63, 3.8) is 0 Å². The van der Waals surface area contributed by atoms with Crippen LogP contribution in [0.3, 0.4) is 0 Å². The van der Waals surface area contributed by atoms with Crippen LogP contribution in [0.25, 0.3) is 0 Å². The lowest BCUT2D eigenvalue weighted by Gasteiger charge is -2.03. The van der Waals surface area contributed by atoms with Crippen LogP contribution < -0.4 is 11.3 Å². The molecule has 0 bridgehead atoms. The monoisotopic (exact) mass is 330 g/mol. The van der Waals surface area contributed by atoms with Gasteiger partial charge in [0.1, 0.15) is 5.82 Å². The van der Waals surface area contributed by atoms with Crippen LogP contribution in [-0.2, 0) is 0 Å². The molecule has 5 heteroatoms. The lowest BCUT2D eigenvalue weighted by Crippen LogP contribution is -2.08. The summed E-state index contributed by atoms with van der Waals surface area (Å²) in [6, 6.07) is 3.00. The minimum absolute atomic E-state index is 0.284. The summed E-state index contributed by atoms with van der Waals surface area (Å²) in [5, 5.41) is 0. The number of benzene rings is 1. The zero-order valence-corrected chi connectivity index (χ0v) is 9.11. The first-order valence-electron chi connectivity index (χ1n) is 2.76. The van der Waals surface area contributed by atoms with Crippen molar-refractivity contribution < 1.29 is 4.39 Å². The van der Waals surface area contributed by atoms with E-state index in [1.807, 2.05) is 22.6 Å². The molecule has 11 heavy (non-hydrogen) atoms. The zero-order valence-electron chi connectivity index (χ0n) is 5.37. The smallest absolute Gasteiger partial charge is 0.138 e. The first-order chi connectivity index (χ1) is 5.15. The van der Waals surface area contributed by atoms with E-state index in [-0.39, 0.29) is 5.82 Å². The van der Waals surface area contributed by atoms with Crippen molar-refractivity contribution in [1.82, 2.24) is 0 Å². The second-order valence-electron chi connectivity index (χ2n) is 1.89. The fourth-order valence-corrected chi connectivity index (χ4v) is 1.56. The molecule has 0 unspecified atom stereocenters. The SMILES string of the molecule is NNc1cc(Br)c(F)cc1I. The maximum absolute atomic E-state index is 12.8. The fraction of sp³-hybridized carbons (Fsp3) is 0. The van der Waals surface area contributed by atoms with Gasteiger partial charge in [-0.25, -0.2) is 4.39 Å². The molecule has 0 spiro atoms. The van der Waals surface area contributed by atoms with Gasteiger partial charge in [-0.3, -0.25) is 5.84 Å². The molecule has 0 saturated heterocycles. The van der Waals surface area contributed by atoms with Gasteiger partial charge < -0.3 is 5.43 Å². The lowest BCUT2D eigenvalue weighted by atomic mass is 10.3. The molecule has 1 aromatic rings. The van der Waals surface area contributed by atoms with Gasteiger partial charge >= 0.3 is 0 Å². The zero-order chi connectivity index (χ0) is 8.43. The maximum atomic E-state index is 12.8. The molecule has 2 nitrogen and oxygen atoms in total. The van der Waals surface area contributed by atoms with Crippen LogP contribution in [0.2, 0.25) is 0 Å². The molecule has 0 saturated carbocycles. The molecule has 0 aromatic heterocycles. The van der Waals surface area contributed by atoms with E-state index >= 15 is 0 Å². The van der Waals surface area contributed by atoms with Crippen molar-refractivity contribution in [1.29, 1.82) is 0 Å². The van der Waals surface area contributed by atoms with Crippen molar-refractivity contribution in [3.8, 4) is 0 Å². The summed E-state index contributed by atoms with van der Waals surface area (Å²) in [7, 11) is 0. The van der Waals surface area contributed by atoms with E-state index in [1.54, 1.807) is 6.07 Å². The highest BCUT2D eigenvalue weighted by molar-refractivity contribution is 14.1. The number of hydrogen-bond donors (Lipinski definition) is 2. The van der Waals surface area contributed by atoms with Crippen molar-refractivity contribution in [2.75, 3.05) is 5.43 Å². The molecule has 3 N–H and O–H groups in total. The Morgan fingerprint density at radius 3 is 2.73 bits per heavy atom. The Morgan fingerprint density at radius 2 is 2.18 bits per heavy atom. The van der Waals surface area contributed by atoms with Crippen molar-refractivity contribution in [2.24, 2.45) is 5.84 Å². The van der Waals surface area contributed by atoms with Crippen LogP contribution in [0.1, 0.15) is 0 Å². The third-order valence-electron chi connectivity index (χ3n) is 1.17. The van der Waals surface area contributed by atoms with E-state index in [9.17, 15) is 4.39 Å². The van der Waals surface area contributed by atoms with E-state index in [0.29, 0.717) is 10.2 Å². The Balaban J connectivity index is 3.21. The summed E-state index contributed by atoms with van der Waals surface area (Å²) in [6.07, 6.45) is 0. The van der Waals surface area contributed by atoms with Crippen LogP contribution in [-0.4, -0.2) is 0 Å². The molecule has 0 atom stereocenters.